The Kier molecular flexibility index (Phi) is 8.08. The van der Waals surface area contributed by atoms with E-state index in [0.717, 1.165) is 19.1 Å². The van der Waals surface area contributed by atoms with Crippen LogP contribution < -0.4 is 4.74 Å². The Hall–Kier alpha value is -2.59. The average molecular weight is 459 g/mol. The van der Waals surface area contributed by atoms with Gasteiger partial charge < -0.3 is 14.7 Å². The van der Waals surface area contributed by atoms with Gasteiger partial charge in [0.1, 0.15) is 5.75 Å². The van der Waals surface area contributed by atoms with Crippen molar-refractivity contribution in [1.82, 2.24) is 4.90 Å². The minimum Gasteiger partial charge on any atom is -0.484 e. The highest BCUT2D eigenvalue weighted by Crippen LogP contribution is 2.27. The second-order valence-electron chi connectivity index (χ2n) is 7.01. The summed E-state index contributed by atoms with van der Waals surface area (Å²) in [6.45, 7) is 3.94. The molecule has 1 aliphatic rings. The quantitative estimate of drug-likeness (QED) is 0.604. The van der Waals surface area contributed by atoms with Crippen LogP contribution in [0.25, 0.3) is 0 Å². The number of halogens is 3. The molecule has 1 aliphatic heterocycles. The molecule has 1 unspecified atom stereocenters. The van der Waals surface area contributed by atoms with Crippen molar-refractivity contribution in [3.05, 3.63) is 65.1 Å². The summed E-state index contributed by atoms with van der Waals surface area (Å²) in [5, 5.41) is 8.08. The molecule has 1 aromatic carbocycles. The van der Waals surface area contributed by atoms with Crippen LogP contribution in [-0.4, -0.2) is 55.5 Å². The van der Waals surface area contributed by atoms with E-state index in [2.05, 4.69) is 6.58 Å². The van der Waals surface area contributed by atoms with Gasteiger partial charge in [-0.05, 0) is 37.1 Å². The van der Waals surface area contributed by atoms with Crippen LogP contribution in [0, 0.1) is 0 Å². The topological polar surface area (TPSA) is 83.9 Å². The summed E-state index contributed by atoms with van der Waals surface area (Å²) < 4.78 is 68.9. The molecule has 1 N–H and O–H groups in total. The zero-order valence-electron chi connectivity index (χ0n) is 16.9. The zero-order chi connectivity index (χ0) is 23.2. The summed E-state index contributed by atoms with van der Waals surface area (Å²) in [7, 11) is -3.96. The number of sulfone groups is 1. The van der Waals surface area contributed by atoms with E-state index in [4.69, 9.17) is 9.84 Å². The standard InChI is InChI=1S/C21H24F3NO5S/c1-3-18(9-4-15(2)21(22,23)24)31(28,29)19-10-11-25(12-19)20(27)14-30-17-7-5-16(13-26)6-8-17/h3-9,19,26H,1,10-14H2,2H3/b15-4+,18-9+. The van der Waals surface area contributed by atoms with Gasteiger partial charge in [-0.25, -0.2) is 8.42 Å². The number of carbonyl (C=O) groups is 1. The van der Waals surface area contributed by atoms with Crippen molar-refractivity contribution >= 4 is 15.7 Å². The van der Waals surface area contributed by atoms with Gasteiger partial charge in [-0.2, -0.15) is 13.2 Å². The van der Waals surface area contributed by atoms with E-state index in [1.54, 1.807) is 24.3 Å². The van der Waals surface area contributed by atoms with E-state index in [-0.39, 0.29) is 37.6 Å². The number of benzene rings is 1. The van der Waals surface area contributed by atoms with Gasteiger partial charge in [0.15, 0.2) is 16.4 Å². The number of allylic oxidation sites excluding steroid dienone is 4. The molecule has 1 aromatic rings. The van der Waals surface area contributed by atoms with Crippen LogP contribution >= 0.6 is 0 Å². The molecule has 1 heterocycles. The summed E-state index contributed by atoms with van der Waals surface area (Å²) in [5.74, 6) is 0.0264. The minimum absolute atomic E-state index is 0.0822. The molecule has 170 valence electrons. The van der Waals surface area contributed by atoms with Crippen molar-refractivity contribution in [3.8, 4) is 5.75 Å². The Labute approximate surface area is 179 Å². The summed E-state index contributed by atoms with van der Waals surface area (Å²) >= 11 is 0. The highest BCUT2D eigenvalue weighted by Gasteiger charge is 2.36. The molecule has 31 heavy (non-hydrogen) atoms. The van der Waals surface area contributed by atoms with Gasteiger partial charge in [0, 0.05) is 18.7 Å². The molecular weight excluding hydrogens is 435 g/mol. The lowest BCUT2D eigenvalue weighted by Gasteiger charge is -2.17. The molecule has 0 spiro atoms. The molecule has 2 rings (SSSR count). The molecule has 1 atom stereocenters. The van der Waals surface area contributed by atoms with Crippen molar-refractivity contribution in [2.45, 2.75) is 31.4 Å². The van der Waals surface area contributed by atoms with Gasteiger partial charge >= 0.3 is 6.18 Å². The van der Waals surface area contributed by atoms with Crippen LogP contribution in [0.3, 0.4) is 0 Å². The number of rotatable bonds is 8. The first-order valence-corrected chi connectivity index (χ1v) is 11.0. The third-order valence-electron chi connectivity index (χ3n) is 4.88. The van der Waals surface area contributed by atoms with E-state index in [1.807, 2.05) is 0 Å². The van der Waals surface area contributed by atoms with Crippen LogP contribution in [0.2, 0.25) is 0 Å². The Morgan fingerprint density at radius 1 is 1.29 bits per heavy atom. The Morgan fingerprint density at radius 3 is 2.48 bits per heavy atom. The van der Waals surface area contributed by atoms with Crippen LogP contribution in [0.1, 0.15) is 18.9 Å². The molecule has 0 saturated carbocycles. The molecular formula is C21H24F3NO5S. The molecule has 1 fully saturated rings. The predicted octanol–water partition coefficient (Wildman–Crippen LogP) is 3.15. The van der Waals surface area contributed by atoms with Gasteiger partial charge in [-0.1, -0.05) is 30.9 Å². The monoisotopic (exact) mass is 459 g/mol. The number of hydrogen-bond donors (Lipinski definition) is 1. The minimum atomic E-state index is -4.55. The first-order valence-electron chi connectivity index (χ1n) is 9.41. The number of ether oxygens (including phenoxy) is 1. The number of likely N-dealkylation sites (tertiary alicyclic amines) is 1. The summed E-state index contributed by atoms with van der Waals surface area (Å²) in [4.78, 5) is 13.4. The highest BCUT2D eigenvalue weighted by molar-refractivity contribution is 7.96. The fraction of sp³-hybridized carbons (Fsp3) is 0.381. The van der Waals surface area contributed by atoms with Crippen LogP contribution in [0.4, 0.5) is 13.2 Å². The average Bonchev–Trinajstić information content (AvgIpc) is 3.23. The molecule has 10 heteroatoms. The normalized spacial score (nSPS) is 18.2. The lowest BCUT2D eigenvalue weighted by molar-refractivity contribution is -0.132. The Bertz CT molecular complexity index is 966. The third kappa shape index (κ3) is 6.44. The van der Waals surface area contributed by atoms with E-state index in [0.29, 0.717) is 17.4 Å². The number of alkyl halides is 3. The molecule has 0 aromatic heterocycles. The Balaban J connectivity index is 2.02. The smallest absolute Gasteiger partial charge is 0.412 e. The van der Waals surface area contributed by atoms with E-state index in [1.165, 1.54) is 4.90 Å². The first-order chi connectivity index (χ1) is 14.5. The predicted molar refractivity (Wildman–Crippen MR) is 110 cm³/mol. The zero-order valence-corrected chi connectivity index (χ0v) is 17.7. The van der Waals surface area contributed by atoms with E-state index in [9.17, 15) is 26.4 Å². The molecule has 1 saturated heterocycles. The fourth-order valence-corrected chi connectivity index (χ4v) is 4.58. The SMILES string of the molecule is C=C/C(=C\C=C(/C)C(F)(F)F)S(=O)(=O)C1CCN(C(=O)COc2ccc(CO)cc2)C1. The van der Waals surface area contributed by atoms with Crippen molar-refractivity contribution in [1.29, 1.82) is 0 Å². The second-order valence-corrected chi connectivity index (χ2v) is 9.23. The van der Waals surface area contributed by atoms with Crippen molar-refractivity contribution in [3.63, 3.8) is 0 Å². The molecule has 0 aliphatic carbocycles. The van der Waals surface area contributed by atoms with Crippen molar-refractivity contribution in [2.75, 3.05) is 19.7 Å². The maximum Gasteiger partial charge on any atom is 0.412 e. The van der Waals surface area contributed by atoms with Gasteiger partial charge in [0.2, 0.25) is 0 Å². The maximum atomic E-state index is 12.8. The van der Waals surface area contributed by atoms with Crippen molar-refractivity contribution in [2.24, 2.45) is 0 Å². The van der Waals surface area contributed by atoms with Gasteiger partial charge in [-0.3, -0.25) is 4.79 Å². The second kappa shape index (κ2) is 10.1. The summed E-state index contributed by atoms with van der Waals surface area (Å²) in [5.41, 5.74) is -0.243. The molecule has 6 nitrogen and oxygen atoms in total. The number of carbonyl (C=O) groups excluding carboxylic acids is 1. The molecule has 1 amide bonds. The summed E-state index contributed by atoms with van der Waals surface area (Å²) in [6, 6.07) is 6.51. The number of nitrogens with zero attached hydrogens (tertiary/aromatic N) is 1. The maximum absolute atomic E-state index is 12.8. The molecule has 0 radical (unpaired) electrons. The molecule has 0 bridgehead atoms. The lowest BCUT2D eigenvalue weighted by atomic mass is 10.2. The fourth-order valence-electron chi connectivity index (χ4n) is 2.91. The van der Waals surface area contributed by atoms with E-state index >= 15 is 0 Å². The van der Waals surface area contributed by atoms with Gasteiger partial charge in [0.25, 0.3) is 5.91 Å². The third-order valence-corrected chi connectivity index (χ3v) is 7.10. The van der Waals surface area contributed by atoms with Gasteiger partial charge in [-0.15, -0.1) is 0 Å². The van der Waals surface area contributed by atoms with E-state index < -0.39 is 32.7 Å². The number of aliphatic hydroxyl groups excluding tert-OH is 1. The summed E-state index contributed by atoms with van der Waals surface area (Å²) in [6.07, 6.45) is -1.82. The largest absolute Gasteiger partial charge is 0.484 e. The number of hydrogen-bond acceptors (Lipinski definition) is 5. The number of amides is 1. The lowest BCUT2D eigenvalue weighted by Crippen LogP contribution is -2.35. The van der Waals surface area contributed by atoms with Gasteiger partial charge in [0.05, 0.1) is 16.8 Å². The van der Waals surface area contributed by atoms with Crippen LogP contribution in [0.5, 0.6) is 5.75 Å². The number of aliphatic hydroxyl groups is 1. The first kappa shape index (κ1) is 24.7. The van der Waals surface area contributed by atoms with Crippen molar-refractivity contribution < 1.29 is 36.2 Å². The highest BCUT2D eigenvalue weighted by atomic mass is 32.2. The Morgan fingerprint density at radius 2 is 1.94 bits per heavy atom. The van der Waals surface area contributed by atoms with Crippen LogP contribution in [-0.2, 0) is 21.2 Å². The van der Waals surface area contributed by atoms with Crippen LogP contribution in [0.15, 0.2) is 59.6 Å².